The second kappa shape index (κ2) is 8.19. The van der Waals surface area contributed by atoms with Crippen molar-refractivity contribution in [2.45, 2.75) is 18.9 Å². The molecule has 0 saturated carbocycles. The molecule has 164 valence electrons. The number of benzene rings is 1. The molecular weight excluding hydrogens is 432 g/mol. The number of carboxylic acids is 1. The van der Waals surface area contributed by atoms with E-state index in [1.54, 1.807) is 42.6 Å². The molecule has 3 heterocycles. The van der Waals surface area contributed by atoms with Crippen molar-refractivity contribution in [3.63, 3.8) is 0 Å². The summed E-state index contributed by atoms with van der Waals surface area (Å²) in [6.07, 6.45) is 1.69. The maximum atomic E-state index is 12.8. The lowest BCUT2D eigenvalue weighted by Crippen LogP contribution is -2.33. The van der Waals surface area contributed by atoms with E-state index in [4.69, 9.17) is 11.5 Å². The van der Waals surface area contributed by atoms with Crippen LogP contribution in [0.4, 0.5) is 11.6 Å². The van der Waals surface area contributed by atoms with Gasteiger partial charge in [-0.15, -0.1) is 11.3 Å². The van der Waals surface area contributed by atoms with E-state index in [-0.39, 0.29) is 23.1 Å². The Morgan fingerprint density at radius 1 is 1.16 bits per heavy atom. The number of aliphatic carboxylic acids is 1. The molecule has 0 radical (unpaired) electrons. The van der Waals surface area contributed by atoms with Crippen LogP contribution in [0.5, 0.6) is 0 Å². The smallest absolute Gasteiger partial charge is 0.331 e. The third-order valence-electron chi connectivity index (χ3n) is 5.16. The average molecular weight is 452 g/mol. The Morgan fingerprint density at radius 3 is 2.62 bits per heavy atom. The summed E-state index contributed by atoms with van der Waals surface area (Å²) in [6.45, 7) is 1.90. The molecule has 0 saturated heterocycles. The highest BCUT2D eigenvalue weighted by Crippen LogP contribution is 2.33. The summed E-state index contributed by atoms with van der Waals surface area (Å²) in [5.74, 6) is -1.95. The number of carbonyl (C=O) groups is 2. The van der Waals surface area contributed by atoms with Gasteiger partial charge in [0.25, 0.3) is 11.5 Å². The van der Waals surface area contributed by atoms with E-state index in [0.29, 0.717) is 27.0 Å². The summed E-state index contributed by atoms with van der Waals surface area (Å²) in [7, 11) is 0. The molecule has 10 nitrogen and oxygen atoms in total. The Balaban J connectivity index is 1.60. The number of H-pyrrole nitrogens is 2. The van der Waals surface area contributed by atoms with Gasteiger partial charge in [-0.25, -0.2) is 4.79 Å². The Labute approximate surface area is 185 Å². The van der Waals surface area contributed by atoms with Gasteiger partial charge in [0, 0.05) is 28.2 Å². The minimum absolute atomic E-state index is 0.0191. The van der Waals surface area contributed by atoms with Crippen LogP contribution in [-0.2, 0) is 4.79 Å². The lowest BCUT2D eigenvalue weighted by Gasteiger charge is -2.16. The summed E-state index contributed by atoms with van der Waals surface area (Å²) < 4.78 is 0. The van der Waals surface area contributed by atoms with Crippen molar-refractivity contribution < 1.29 is 14.7 Å². The van der Waals surface area contributed by atoms with Gasteiger partial charge in [-0.05, 0) is 23.8 Å². The van der Waals surface area contributed by atoms with Crippen molar-refractivity contribution in [2.75, 3.05) is 11.5 Å². The number of para-hydroxylation sites is 1. The summed E-state index contributed by atoms with van der Waals surface area (Å²) in [4.78, 5) is 47.6. The van der Waals surface area contributed by atoms with Crippen molar-refractivity contribution in [3.05, 3.63) is 73.8 Å². The van der Waals surface area contributed by atoms with E-state index in [2.05, 4.69) is 20.3 Å². The van der Waals surface area contributed by atoms with Crippen LogP contribution >= 0.6 is 11.3 Å². The standard InChI is InChI=1S/C21H20N6O4S/c1-9(11-8-24-17-15(11)19(29)27-21(23)26-17)13-6-7-14(32-13)18(28)25-16(20(30)31)10-4-2-3-5-12(10)22/h2-9,16H,22H2,1H3,(H,25,28)(H,30,31)(H4,23,24,26,27,29). The van der Waals surface area contributed by atoms with Crippen molar-refractivity contribution in [2.24, 2.45) is 0 Å². The molecule has 11 heteroatoms. The number of fused-ring (bicyclic) bond motifs is 1. The summed E-state index contributed by atoms with van der Waals surface area (Å²) in [5.41, 5.74) is 12.8. The molecule has 1 aromatic carbocycles. The van der Waals surface area contributed by atoms with Crippen molar-refractivity contribution in [1.82, 2.24) is 20.3 Å². The highest BCUT2D eigenvalue weighted by molar-refractivity contribution is 7.14. The number of aromatic nitrogens is 3. The van der Waals surface area contributed by atoms with Crippen LogP contribution in [0.1, 0.15) is 44.6 Å². The van der Waals surface area contributed by atoms with Gasteiger partial charge in [-0.2, -0.15) is 4.98 Å². The molecule has 2 atom stereocenters. The normalized spacial score (nSPS) is 13.0. The SMILES string of the molecule is CC(c1ccc(C(=O)NC(C(=O)O)c2ccccc2N)s1)c1c[nH]c2nc(N)[nH]c(=O)c12. The van der Waals surface area contributed by atoms with Crippen LogP contribution in [0, 0.1) is 0 Å². The van der Waals surface area contributed by atoms with E-state index in [1.165, 1.54) is 11.3 Å². The summed E-state index contributed by atoms with van der Waals surface area (Å²) in [6, 6.07) is 8.59. The van der Waals surface area contributed by atoms with E-state index in [9.17, 15) is 19.5 Å². The number of amides is 1. The number of nitrogens with zero attached hydrogens (tertiary/aromatic N) is 1. The van der Waals surface area contributed by atoms with E-state index >= 15 is 0 Å². The molecule has 0 spiro atoms. The second-order valence-electron chi connectivity index (χ2n) is 7.22. The minimum Gasteiger partial charge on any atom is -0.479 e. The van der Waals surface area contributed by atoms with Gasteiger partial charge in [-0.1, -0.05) is 25.1 Å². The number of hydrogen-bond acceptors (Lipinski definition) is 7. The largest absolute Gasteiger partial charge is 0.479 e. The molecule has 0 aliphatic rings. The molecule has 3 aromatic heterocycles. The van der Waals surface area contributed by atoms with Gasteiger partial charge >= 0.3 is 5.97 Å². The van der Waals surface area contributed by atoms with E-state index in [0.717, 1.165) is 4.88 Å². The third kappa shape index (κ3) is 3.81. The minimum atomic E-state index is -1.28. The first kappa shape index (κ1) is 21.1. The molecule has 0 fully saturated rings. The fraction of sp³-hybridized carbons (Fsp3) is 0.143. The van der Waals surface area contributed by atoms with Crippen LogP contribution in [-0.4, -0.2) is 31.9 Å². The fourth-order valence-electron chi connectivity index (χ4n) is 3.53. The van der Waals surface area contributed by atoms with Gasteiger partial charge in [-0.3, -0.25) is 14.6 Å². The van der Waals surface area contributed by atoms with Crippen molar-refractivity contribution in [1.29, 1.82) is 0 Å². The lowest BCUT2D eigenvalue weighted by atomic mass is 10.0. The number of anilines is 2. The van der Waals surface area contributed by atoms with Crippen LogP contribution in [0.3, 0.4) is 0 Å². The second-order valence-corrected chi connectivity index (χ2v) is 8.33. The first-order chi connectivity index (χ1) is 15.3. The number of carboxylic acid groups (broad SMARTS) is 1. The summed E-state index contributed by atoms with van der Waals surface area (Å²) >= 11 is 1.21. The van der Waals surface area contributed by atoms with Gasteiger partial charge in [0.1, 0.15) is 5.65 Å². The Kier molecular flexibility index (Phi) is 5.41. The molecule has 4 aromatic rings. The van der Waals surface area contributed by atoms with Crippen molar-refractivity contribution in [3.8, 4) is 0 Å². The molecule has 32 heavy (non-hydrogen) atoms. The van der Waals surface area contributed by atoms with Crippen LogP contribution in [0.2, 0.25) is 0 Å². The van der Waals surface area contributed by atoms with E-state index < -0.39 is 17.9 Å². The average Bonchev–Trinajstić information content (AvgIpc) is 3.39. The molecule has 8 N–H and O–H groups in total. The maximum Gasteiger partial charge on any atom is 0.331 e. The van der Waals surface area contributed by atoms with Gasteiger partial charge in [0.2, 0.25) is 5.95 Å². The number of thiophene rings is 1. The zero-order chi connectivity index (χ0) is 23.0. The third-order valence-corrected chi connectivity index (χ3v) is 6.43. The quantitative estimate of drug-likeness (QED) is 0.242. The molecule has 2 unspecified atom stereocenters. The van der Waals surface area contributed by atoms with Gasteiger partial charge in [0.15, 0.2) is 6.04 Å². The maximum absolute atomic E-state index is 12.8. The number of hydrogen-bond donors (Lipinski definition) is 6. The fourth-order valence-corrected chi connectivity index (χ4v) is 4.51. The Hall–Kier alpha value is -4.12. The molecule has 1 amide bonds. The zero-order valence-electron chi connectivity index (χ0n) is 16.9. The van der Waals surface area contributed by atoms with Crippen molar-refractivity contribution >= 4 is 45.9 Å². The van der Waals surface area contributed by atoms with Gasteiger partial charge < -0.3 is 26.9 Å². The molecule has 0 bridgehead atoms. The van der Waals surface area contributed by atoms with Crippen LogP contribution < -0.4 is 22.3 Å². The molecule has 4 rings (SSSR count). The zero-order valence-corrected chi connectivity index (χ0v) is 17.7. The lowest BCUT2D eigenvalue weighted by molar-refractivity contribution is -0.139. The van der Waals surface area contributed by atoms with E-state index in [1.807, 2.05) is 6.92 Å². The number of nitrogens with one attached hydrogen (secondary N) is 3. The van der Waals surface area contributed by atoms with Crippen LogP contribution in [0.25, 0.3) is 11.0 Å². The molecule has 0 aliphatic carbocycles. The Morgan fingerprint density at radius 2 is 1.91 bits per heavy atom. The molecular formula is C21H20N6O4S. The predicted molar refractivity (Wildman–Crippen MR) is 122 cm³/mol. The number of rotatable bonds is 6. The highest BCUT2D eigenvalue weighted by atomic mass is 32.1. The van der Waals surface area contributed by atoms with Crippen LogP contribution in [0.15, 0.2) is 47.4 Å². The first-order valence-electron chi connectivity index (χ1n) is 9.60. The number of nitrogens with two attached hydrogens (primary N) is 2. The predicted octanol–water partition coefficient (Wildman–Crippen LogP) is 2.18. The monoisotopic (exact) mass is 452 g/mol. The molecule has 0 aliphatic heterocycles. The Bertz CT molecular complexity index is 1390. The van der Waals surface area contributed by atoms with Gasteiger partial charge in [0.05, 0.1) is 10.3 Å². The number of aromatic amines is 2. The number of nitrogen functional groups attached to an aromatic ring is 2. The first-order valence-corrected chi connectivity index (χ1v) is 10.4. The number of carbonyl (C=O) groups excluding carboxylic acids is 1. The summed E-state index contributed by atoms with van der Waals surface area (Å²) in [5, 5.41) is 12.5. The topological polar surface area (TPSA) is 180 Å². The highest BCUT2D eigenvalue weighted by Gasteiger charge is 2.26.